The van der Waals surface area contributed by atoms with Gasteiger partial charge in [0, 0.05) is 17.4 Å². The van der Waals surface area contributed by atoms with Crippen LogP contribution < -0.4 is 4.52 Å². The highest BCUT2D eigenvalue weighted by Gasteiger charge is 2.40. The van der Waals surface area contributed by atoms with Crippen LogP contribution in [0.2, 0.25) is 58.9 Å². The summed E-state index contributed by atoms with van der Waals surface area (Å²) in [6.45, 7) is 19.9. The molecule has 0 atom stereocenters. The molecule has 2 aromatic rings. The zero-order valence-electron chi connectivity index (χ0n) is 21.2. The maximum atomic E-state index is 13.8. The number of fused-ring (bicyclic) bond motifs is 1. The van der Waals surface area contributed by atoms with Gasteiger partial charge in [-0.3, -0.25) is 0 Å². The van der Waals surface area contributed by atoms with Crippen molar-refractivity contribution in [2.45, 2.75) is 65.3 Å². The van der Waals surface area contributed by atoms with Crippen LogP contribution in [0.3, 0.4) is 0 Å². The molecule has 1 aromatic carbocycles. The molecule has 0 radical (unpaired) electrons. The van der Waals surface area contributed by atoms with Crippen molar-refractivity contribution < 1.29 is 17.5 Å². The maximum Gasteiger partial charge on any atom is 0.510 e. The van der Waals surface area contributed by atoms with Gasteiger partial charge < -0.3 is 22.1 Å². The van der Waals surface area contributed by atoms with Crippen molar-refractivity contribution in [1.29, 1.82) is 0 Å². The predicted molar refractivity (Wildman–Crippen MR) is 140 cm³/mol. The number of hydrogen-bond donors (Lipinski definition) is 0. The molecule has 0 spiro atoms. The smallest absolute Gasteiger partial charge is 0.404 e. The minimum absolute atomic E-state index is 0.586. The number of aromatic nitrogens is 1. The van der Waals surface area contributed by atoms with Gasteiger partial charge in [-0.1, -0.05) is 25.7 Å². The van der Waals surface area contributed by atoms with E-state index >= 15 is 0 Å². The largest absolute Gasteiger partial charge is 0.510 e. The molecule has 0 N–H and O–H groups in total. The van der Waals surface area contributed by atoms with Gasteiger partial charge >= 0.3 is 7.82 Å². The second-order valence-corrected chi connectivity index (χ2v) is 27.2. The van der Waals surface area contributed by atoms with Gasteiger partial charge in [0.05, 0.1) is 0 Å². The third kappa shape index (κ3) is 7.70. The normalized spacial score (nSPS) is 13.9. The number of phosphoric acid groups is 1. The van der Waals surface area contributed by atoms with E-state index in [9.17, 15) is 4.57 Å². The lowest BCUT2D eigenvalue weighted by molar-refractivity contribution is 0.296. The molecule has 0 amide bonds. The Morgan fingerprint density at radius 3 is 1.94 bits per heavy atom. The zero-order valence-corrected chi connectivity index (χ0v) is 25.1. The lowest BCUT2D eigenvalue weighted by Gasteiger charge is -2.30. The van der Waals surface area contributed by atoms with E-state index in [4.69, 9.17) is 12.9 Å². The Labute approximate surface area is 191 Å². The van der Waals surface area contributed by atoms with E-state index in [0.29, 0.717) is 5.75 Å². The Balaban J connectivity index is 2.64. The van der Waals surface area contributed by atoms with Gasteiger partial charge in [-0.25, -0.2) is 4.57 Å². The van der Waals surface area contributed by atoms with Crippen LogP contribution in [0.25, 0.3) is 10.9 Å². The van der Waals surface area contributed by atoms with Gasteiger partial charge in [0.25, 0.3) is 0 Å². The summed E-state index contributed by atoms with van der Waals surface area (Å²) in [6, 6.07) is 5.99. The molecular formula is C21H41N2O4PSi3. The van der Waals surface area contributed by atoms with Crippen molar-refractivity contribution in [3.05, 3.63) is 30.0 Å². The van der Waals surface area contributed by atoms with Gasteiger partial charge in [0.1, 0.15) is 5.75 Å². The number of nitrogens with zero attached hydrogens (tertiary/aromatic N) is 2. The van der Waals surface area contributed by atoms with E-state index in [2.05, 4.69) is 55.1 Å². The molecule has 0 fully saturated rings. The van der Waals surface area contributed by atoms with Crippen LogP contribution in [-0.2, 0) is 19.4 Å². The summed E-state index contributed by atoms with van der Waals surface area (Å²) in [5, 5.41) is 1.02. The first-order chi connectivity index (χ1) is 13.9. The molecule has 0 saturated carbocycles. The van der Waals surface area contributed by atoms with E-state index in [-0.39, 0.29) is 0 Å². The summed E-state index contributed by atoms with van der Waals surface area (Å²) >= 11 is 0. The fourth-order valence-corrected chi connectivity index (χ4v) is 11.3. The molecule has 0 aliphatic carbocycles. The highest BCUT2D eigenvalue weighted by atomic mass is 31.2. The first-order valence-electron chi connectivity index (χ1n) is 10.9. The fourth-order valence-electron chi connectivity index (χ4n) is 3.34. The van der Waals surface area contributed by atoms with Crippen molar-refractivity contribution in [1.82, 2.24) is 9.13 Å². The second kappa shape index (κ2) is 9.29. The molecule has 176 valence electrons. The summed E-state index contributed by atoms with van der Waals surface area (Å²) in [4.78, 5) is 2.18. The van der Waals surface area contributed by atoms with Gasteiger partial charge in [-0.2, -0.15) is 0 Å². The molecule has 0 aliphatic rings. The third-order valence-corrected chi connectivity index (χ3v) is 12.8. The Bertz CT molecular complexity index is 936. The van der Waals surface area contributed by atoms with E-state index in [0.717, 1.165) is 23.9 Å². The average Bonchev–Trinajstić information content (AvgIpc) is 2.88. The highest BCUT2D eigenvalue weighted by molar-refractivity contribution is 7.52. The quantitative estimate of drug-likeness (QED) is 0.271. The standard InChI is InChI=1S/C21H41N2O4PSi3/c1-22(2)16-15-18-17-23(29(3,4)5)19-13-12-14-20(21(18)19)25-28(24,26-30(6,7)8)27-31(9,10)11/h12-14,17H,15-16H2,1-11H3. The number of hydrogen-bond acceptors (Lipinski definition) is 5. The van der Waals surface area contributed by atoms with Crippen LogP contribution in [0, 0.1) is 0 Å². The summed E-state index contributed by atoms with van der Waals surface area (Å²) < 4.78 is 34.5. The summed E-state index contributed by atoms with van der Waals surface area (Å²) in [5.41, 5.74) is 2.33. The molecule has 6 nitrogen and oxygen atoms in total. The number of rotatable bonds is 10. The molecule has 0 unspecified atom stereocenters. The monoisotopic (exact) mass is 500 g/mol. The van der Waals surface area contributed by atoms with E-state index in [1.54, 1.807) is 0 Å². The molecule has 0 saturated heterocycles. The molecule has 1 heterocycles. The van der Waals surface area contributed by atoms with Crippen LogP contribution in [0.5, 0.6) is 5.75 Å². The van der Waals surface area contributed by atoms with Gasteiger partial charge in [0.2, 0.25) is 0 Å². The lowest BCUT2D eigenvalue weighted by atomic mass is 10.1. The van der Waals surface area contributed by atoms with Crippen LogP contribution >= 0.6 is 7.82 Å². The second-order valence-electron chi connectivity index (χ2n) is 11.3. The fraction of sp³-hybridized carbons (Fsp3) is 0.619. The SMILES string of the molecule is CN(C)CCc1cn([Si](C)(C)C)c2cccc(OP(=O)(O[Si](C)(C)C)O[Si](C)(C)C)c12. The highest BCUT2D eigenvalue weighted by Crippen LogP contribution is 2.55. The van der Waals surface area contributed by atoms with Crippen LogP contribution in [-0.4, -0.2) is 54.6 Å². The molecule has 31 heavy (non-hydrogen) atoms. The molecular weight excluding hydrogens is 459 g/mol. The van der Waals surface area contributed by atoms with E-state index < -0.39 is 32.7 Å². The lowest BCUT2D eigenvalue weighted by Crippen LogP contribution is -2.31. The van der Waals surface area contributed by atoms with Crippen molar-refractivity contribution in [3.8, 4) is 5.75 Å². The van der Waals surface area contributed by atoms with Crippen molar-refractivity contribution in [2.24, 2.45) is 0 Å². The van der Waals surface area contributed by atoms with Crippen LogP contribution in [0.15, 0.2) is 24.4 Å². The van der Waals surface area contributed by atoms with Crippen molar-refractivity contribution in [2.75, 3.05) is 20.6 Å². The van der Waals surface area contributed by atoms with Crippen molar-refractivity contribution in [3.63, 3.8) is 0 Å². The van der Waals surface area contributed by atoms with Gasteiger partial charge in [-0.15, -0.1) is 0 Å². The maximum absolute atomic E-state index is 13.8. The van der Waals surface area contributed by atoms with Gasteiger partial charge in [0.15, 0.2) is 24.9 Å². The summed E-state index contributed by atoms with van der Waals surface area (Å²) in [6.07, 6.45) is 3.15. The first kappa shape index (κ1) is 26.6. The zero-order chi connectivity index (χ0) is 23.8. The molecule has 10 heteroatoms. The Hall–Kier alpha value is -0.679. The van der Waals surface area contributed by atoms with Crippen LogP contribution in [0.1, 0.15) is 5.56 Å². The first-order valence-corrected chi connectivity index (χ1v) is 22.6. The molecule has 2 rings (SSSR count). The van der Waals surface area contributed by atoms with E-state index in [1.807, 2.05) is 51.4 Å². The molecule has 0 bridgehead atoms. The summed E-state index contributed by atoms with van der Waals surface area (Å²) in [5.74, 6) is 0.586. The third-order valence-electron chi connectivity index (χ3n) is 4.40. The van der Waals surface area contributed by atoms with Gasteiger partial charge in [-0.05, 0) is 83.7 Å². The molecule has 0 aliphatic heterocycles. The predicted octanol–water partition coefficient (Wildman–Crippen LogP) is 6.62. The Kier molecular flexibility index (Phi) is 7.96. The number of benzene rings is 1. The topological polar surface area (TPSA) is 52.9 Å². The minimum atomic E-state index is -3.76. The summed E-state index contributed by atoms with van der Waals surface area (Å²) in [7, 11) is -5.63. The van der Waals surface area contributed by atoms with E-state index in [1.165, 1.54) is 5.56 Å². The van der Waals surface area contributed by atoms with Crippen LogP contribution in [0.4, 0.5) is 0 Å². The Morgan fingerprint density at radius 2 is 1.48 bits per heavy atom. The number of likely N-dealkylation sites (N-methyl/N-ethyl adjacent to an activating group) is 1. The molecule has 1 aromatic heterocycles. The minimum Gasteiger partial charge on any atom is -0.404 e. The van der Waals surface area contributed by atoms with Crippen molar-refractivity contribution >= 4 is 43.6 Å². The Morgan fingerprint density at radius 1 is 0.935 bits per heavy atom. The average molecular weight is 501 g/mol.